The molecule has 36 heavy (non-hydrogen) atoms. The van der Waals surface area contributed by atoms with Crippen LogP contribution in [0.1, 0.15) is 93.7 Å². The van der Waals surface area contributed by atoms with Gasteiger partial charge in [0.1, 0.15) is 6.61 Å². The Balaban J connectivity index is 1.11. The van der Waals surface area contributed by atoms with Crippen LogP contribution in [-0.2, 0) is 6.61 Å². The lowest BCUT2D eigenvalue weighted by Gasteiger charge is -2.45. The first-order chi connectivity index (χ1) is 17.5. The molecule has 2 aromatic rings. The van der Waals surface area contributed by atoms with E-state index >= 15 is 0 Å². The van der Waals surface area contributed by atoms with Gasteiger partial charge in [-0.3, -0.25) is 0 Å². The van der Waals surface area contributed by atoms with Gasteiger partial charge in [-0.2, -0.15) is 4.39 Å². The Morgan fingerprint density at radius 1 is 0.750 bits per heavy atom. The standard InChI is InChI=1S/C33H42F2O/c1-3-4-23-6-10-25(11-7-23)27-14-16-30-20-28(15-17-29(30)19-27)26-12-8-24(9-13-26)21-36-31-18-5-22(2)32(34)33(31)35/h3-5,8-9,12-13,18,23,25,27-30H,6-7,10-11,14-17,19-21H2,1-2H3/b4-3+. The summed E-state index contributed by atoms with van der Waals surface area (Å²) in [7, 11) is 0. The quantitative estimate of drug-likeness (QED) is 0.365. The van der Waals surface area contributed by atoms with E-state index in [4.69, 9.17) is 4.74 Å². The van der Waals surface area contributed by atoms with Gasteiger partial charge in [0.2, 0.25) is 5.82 Å². The van der Waals surface area contributed by atoms with Crippen LogP contribution in [0.5, 0.6) is 5.75 Å². The van der Waals surface area contributed by atoms with E-state index in [9.17, 15) is 8.78 Å². The summed E-state index contributed by atoms with van der Waals surface area (Å²) in [6.45, 7) is 3.95. The summed E-state index contributed by atoms with van der Waals surface area (Å²) in [5, 5.41) is 0. The summed E-state index contributed by atoms with van der Waals surface area (Å²) in [5.41, 5.74) is 2.70. The van der Waals surface area contributed by atoms with Gasteiger partial charge in [0.05, 0.1) is 0 Å². The average Bonchev–Trinajstić information content (AvgIpc) is 2.92. The zero-order valence-electron chi connectivity index (χ0n) is 22.0. The molecule has 5 rings (SSSR count). The zero-order valence-corrected chi connectivity index (χ0v) is 22.0. The summed E-state index contributed by atoms with van der Waals surface area (Å²) in [6, 6.07) is 11.7. The van der Waals surface area contributed by atoms with E-state index < -0.39 is 11.6 Å². The maximum atomic E-state index is 14.1. The van der Waals surface area contributed by atoms with E-state index in [0.29, 0.717) is 11.5 Å². The van der Waals surface area contributed by atoms with Gasteiger partial charge in [0.15, 0.2) is 11.6 Å². The van der Waals surface area contributed by atoms with Crippen molar-refractivity contribution in [3.63, 3.8) is 0 Å². The molecular formula is C33H42F2O. The molecule has 4 unspecified atom stereocenters. The second-order valence-electron chi connectivity index (χ2n) is 11.8. The lowest BCUT2D eigenvalue weighted by molar-refractivity contribution is 0.0748. The smallest absolute Gasteiger partial charge is 0.200 e. The van der Waals surface area contributed by atoms with Gasteiger partial charge in [0, 0.05) is 0 Å². The third-order valence-electron chi connectivity index (χ3n) is 9.69. The molecule has 0 N–H and O–H groups in total. The van der Waals surface area contributed by atoms with Gasteiger partial charge >= 0.3 is 0 Å². The molecule has 3 aliphatic carbocycles. The fraction of sp³-hybridized carbons (Fsp3) is 0.576. The molecule has 1 nitrogen and oxygen atoms in total. The van der Waals surface area contributed by atoms with Gasteiger partial charge in [-0.05, 0) is 136 Å². The minimum absolute atomic E-state index is 0.0260. The number of hydrogen-bond acceptors (Lipinski definition) is 1. The molecule has 3 saturated carbocycles. The number of halogens is 2. The van der Waals surface area contributed by atoms with Crippen molar-refractivity contribution in [1.29, 1.82) is 0 Å². The molecule has 0 aliphatic heterocycles. The van der Waals surface area contributed by atoms with E-state index in [-0.39, 0.29) is 12.4 Å². The van der Waals surface area contributed by atoms with Crippen LogP contribution < -0.4 is 4.74 Å². The van der Waals surface area contributed by atoms with Gasteiger partial charge in [-0.25, -0.2) is 4.39 Å². The number of fused-ring (bicyclic) bond motifs is 1. The largest absolute Gasteiger partial charge is 0.486 e. The van der Waals surface area contributed by atoms with Crippen molar-refractivity contribution in [2.45, 2.75) is 90.6 Å². The minimum Gasteiger partial charge on any atom is -0.486 e. The molecule has 3 aliphatic rings. The van der Waals surface area contributed by atoms with Crippen LogP contribution in [0.15, 0.2) is 48.6 Å². The summed E-state index contributed by atoms with van der Waals surface area (Å²) in [4.78, 5) is 0. The first-order valence-electron chi connectivity index (χ1n) is 14.3. The summed E-state index contributed by atoms with van der Waals surface area (Å²) in [5.74, 6) is 3.50. The molecule has 0 spiro atoms. The highest BCUT2D eigenvalue weighted by atomic mass is 19.2. The third kappa shape index (κ3) is 5.71. The van der Waals surface area contributed by atoms with Gasteiger partial charge < -0.3 is 4.74 Å². The second-order valence-corrected chi connectivity index (χ2v) is 11.8. The Kier molecular flexibility index (Phi) is 8.13. The predicted molar refractivity (Wildman–Crippen MR) is 143 cm³/mol. The number of aryl methyl sites for hydroxylation is 1. The van der Waals surface area contributed by atoms with Gasteiger partial charge in [-0.1, -0.05) is 42.5 Å². The topological polar surface area (TPSA) is 9.23 Å². The van der Waals surface area contributed by atoms with Crippen LogP contribution in [0, 0.1) is 48.1 Å². The number of benzene rings is 2. The zero-order chi connectivity index (χ0) is 25.1. The number of rotatable bonds is 6. The minimum atomic E-state index is -0.903. The fourth-order valence-corrected chi connectivity index (χ4v) is 7.52. The third-order valence-corrected chi connectivity index (χ3v) is 9.69. The van der Waals surface area contributed by atoms with Crippen LogP contribution in [0.2, 0.25) is 0 Å². The average molecular weight is 493 g/mol. The Bertz CT molecular complexity index is 1030. The maximum Gasteiger partial charge on any atom is 0.200 e. The van der Waals surface area contributed by atoms with Crippen LogP contribution in [0.25, 0.3) is 0 Å². The molecule has 3 heteroatoms. The lowest BCUT2D eigenvalue weighted by Crippen LogP contribution is -2.34. The van der Waals surface area contributed by atoms with Crippen molar-refractivity contribution < 1.29 is 13.5 Å². The molecular weight excluding hydrogens is 450 g/mol. The number of hydrogen-bond donors (Lipinski definition) is 0. The van der Waals surface area contributed by atoms with Crippen LogP contribution in [0.4, 0.5) is 8.78 Å². The second kappa shape index (κ2) is 11.5. The van der Waals surface area contributed by atoms with Crippen molar-refractivity contribution in [2.24, 2.45) is 29.6 Å². The number of allylic oxidation sites excluding steroid dienone is 2. The van der Waals surface area contributed by atoms with Crippen LogP contribution >= 0.6 is 0 Å². The Hall–Kier alpha value is -2.16. The summed E-state index contributed by atoms with van der Waals surface area (Å²) >= 11 is 0. The molecule has 2 aromatic carbocycles. The Labute approximate surface area is 216 Å². The molecule has 0 amide bonds. The molecule has 3 fully saturated rings. The molecule has 0 aromatic heterocycles. The van der Waals surface area contributed by atoms with Gasteiger partial charge in [-0.15, -0.1) is 0 Å². The highest BCUT2D eigenvalue weighted by Gasteiger charge is 2.38. The van der Waals surface area contributed by atoms with Gasteiger partial charge in [0.25, 0.3) is 0 Å². The van der Waals surface area contributed by atoms with E-state index in [0.717, 1.165) is 35.2 Å². The van der Waals surface area contributed by atoms with E-state index in [1.807, 2.05) is 0 Å². The molecule has 194 valence electrons. The van der Waals surface area contributed by atoms with Crippen LogP contribution in [0.3, 0.4) is 0 Å². The number of ether oxygens (including phenoxy) is 1. The predicted octanol–water partition coefficient (Wildman–Crippen LogP) is 9.53. The highest BCUT2D eigenvalue weighted by molar-refractivity contribution is 5.31. The maximum absolute atomic E-state index is 14.1. The molecule has 4 atom stereocenters. The summed E-state index contributed by atoms with van der Waals surface area (Å²) < 4.78 is 33.4. The monoisotopic (exact) mass is 492 g/mol. The van der Waals surface area contributed by atoms with E-state index in [1.54, 1.807) is 13.0 Å². The van der Waals surface area contributed by atoms with Crippen molar-refractivity contribution in [1.82, 2.24) is 0 Å². The van der Waals surface area contributed by atoms with Crippen molar-refractivity contribution in [3.05, 3.63) is 76.9 Å². The Morgan fingerprint density at radius 2 is 1.39 bits per heavy atom. The molecule has 0 bridgehead atoms. The lowest BCUT2D eigenvalue weighted by atomic mass is 9.60. The van der Waals surface area contributed by atoms with Crippen molar-refractivity contribution >= 4 is 0 Å². The SMILES string of the molecule is C/C=C/C1CCC(C2CCC3CC(c4ccc(COc5ccc(C)c(F)c5F)cc4)CCC3C2)CC1. The van der Waals surface area contributed by atoms with Crippen molar-refractivity contribution in [3.8, 4) is 5.75 Å². The van der Waals surface area contributed by atoms with E-state index in [2.05, 4.69) is 43.3 Å². The van der Waals surface area contributed by atoms with E-state index in [1.165, 1.54) is 75.8 Å². The highest BCUT2D eigenvalue weighted by Crippen LogP contribution is 2.51. The molecule has 0 heterocycles. The van der Waals surface area contributed by atoms with Crippen molar-refractivity contribution in [2.75, 3.05) is 0 Å². The summed E-state index contributed by atoms with van der Waals surface area (Å²) in [6.07, 6.45) is 18.7. The van der Waals surface area contributed by atoms with Crippen LogP contribution in [-0.4, -0.2) is 0 Å². The molecule has 0 saturated heterocycles. The normalized spacial score (nSPS) is 30.8. The first kappa shape index (κ1) is 25.5. The Morgan fingerprint density at radius 3 is 2.11 bits per heavy atom. The molecule has 0 radical (unpaired) electrons. The fourth-order valence-electron chi connectivity index (χ4n) is 7.52. The first-order valence-corrected chi connectivity index (χ1v) is 14.3.